The molecule has 0 aliphatic carbocycles. The van der Waals surface area contributed by atoms with Crippen molar-refractivity contribution in [2.45, 2.75) is 19.9 Å². The smallest absolute Gasteiger partial charge is 0.137 e. The fourth-order valence-corrected chi connectivity index (χ4v) is 2.19. The molecule has 0 fully saturated rings. The van der Waals surface area contributed by atoms with E-state index < -0.39 is 0 Å². The molecule has 0 saturated carbocycles. The van der Waals surface area contributed by atoms with Gasteiger partial charge in [-0.2, -0.15) is 0 Å². The van der Waals surface area contributed by atoms with Crippen LogP contribution in [0.2, 0.25) is 5.02 Å². The third kappa shape index (κ3) is 2.27. The number of nitrogens with two attached hydrogens (primary N) is 1. The Morgan fingerprint density at radius 3 is 2.50 bits per heavy atom. The Hall–Kier alpha value is -0.120. The molecule has 1 nitrogen and oxygen atoms in total. The van der Waals surface area contributed by atoms with E-state index in [1.165, 1.54) is 12.1 Å². The van der Waals surface area contributed by atoms with E-state index in [0.29, 0.717) is 15.1 Å². The van der Waals surface area contributed by atoms with Crippen molar-refractivity contribution in [1.29, 1.82) is 0 Å². The van der Waals surface area contributed by atoms with E-state index in [0.717, 1.165) is 0 Å². The lowest BCUT2D eigenvalue weighted by molar-refractivity contribution is 0.507. The van der Waals surface area contributed by atoms with E-state index in [-0.39, 0.29) is 17.8 Å². The Balaban J connectivity index is 3.25. The third-order valence-electron chi connectivity index (χ3n) is 2.13. The van der Waals surface area contributed by atoms with Gasteiger partial charge in [-0.3, -0.25) is 0 Å². The molecule has 0 spiro atoms. The van der Waals surface area contributed by atoms with Crippen LogP contribution >= 0.6 is 27.5 Å². The third-order valence-corrected chi connectivity index (χ3v) is 3.27. The number of halogens is 3. The first-order valence-corrected chi connectivity index (χ1v) is 5.51. The van der Waals surface area contributed by atoms with E-state index >= 15 is 0 Å². The van der Waals surface area contributed by atoms with Gasteiger partial charge in [-0.15, -0.1) is 0 Å². The highest BCUT2D eigenvalue weighted by Gasteiger charge is 2.19. The molecule has 1 aromatic carbocycles. The van der Waals surface area contributed by atoms with Crippen molar-refractivity contribution >= 4 is 27.5 Å². The number of rotatable bonds is 2. The molecule has 4 heteroatoms. The van der Waals surface area contributed by atoms with Gasteiger partial charge in [-0.25, -0.2) is 4.39 Å². The van der Waals surface area contributed by atoms with E-state index in [1.54, 1.807) is 0 Å². The molecule has 0 heterocycles. The molecule has 1 unspecified atom stereocenters. The summed E-state index contributed by atoms with van der Waals surface area (Å²) in [5.41, 5.74) is 6.57. The van der Waals surface area contributed by atoms with Crippen LogP contribution in [0.1, 0.15) is 25.5 Å². The van der Waals surface area contributed by atoms with E-state index in [9.17, 15) is 4.39 Å². The predicted octanol–water partition coefficient (Wildman–Crippen LogP) is 3.90. The summed E-state index contributed by atoms with van der Waals surface area (Å²) in [7, 11) is 0. The first kappa shape index (κ1) is 12.0. The molecule has 1 rings (SSSR count). The lowest BCUT2D eigenvalue weighted by Gasteiger charge is -2.19. The van der Waals surface area contributed by atoms with Gasteiger partial charge in [0.15, 0.2) is 0 Å². The van der Waals surface area contributed by atoms with Crippen molar-refractivity contribution in [3.8, 4) is 0 Å². The molecule has 78 valence electrons. The van der Waals surface area contributed by atoms with Crippen molar-refractivity contribution in [3.63, 3.8) is 0 Å². The normalized spacial score (nSPS) is 13.4. The molecule has 0 aromatic heterocycles. The summed E-state index contributed by atoms with van der Waals surface area (Å²) in [6.07, 6.45) is 0. The molecule has 1 aromatic rings. The van der Waals surface area contributed by atoms with Gasteiger partial charge in [-0.05, 0) is 34.0 Å². The average molecular weight is 281 g/mol. The quantitative estimate of drug-likeness (QED) is 0.817. The maximum Gasteiger partial charge on any atom is 0.137 e. The van der Waals surface area contributed by atoms with Crippen molar-refractivity contribution in [3.05, 3.63) is 33.0 Å². The van der Waals surface area contributed by atoms with Gasteiger partial charge >= 0.3 is 0 Å². The molecular formula is C10H12BrClFN. The predicted molar refractivity (Wildman–Crippen MR) is 60.9 cm³/mol. The van der Waals surface area contributed by atoms with Crippen molar-refractivity contribution in [1.82, 2.24) is 0 Å². The maximum absolute atomic E-state index is 13.2. The van der Waals surface area contributed by atoms with Gasteiger partial charge in [0.05, 0.1) is 4.47 Å². The van der Waals surface area contributed by atoms with Crippen LogP contribution in [0.25, 0.3) is 0 Å². The highest BCUT2D eigenvalue weighted by Crippen LogP contribution is 2.34. The summed E-state index contributed by atoms with van der Waals surface area (Å²) < 4.78 is 13.6. The largest absolute Gasteiger partial charge is 0.324 e. The van der Waals surface area contributed by atoms with Crippen LogP contribution in [-0.2, 0) is 0 Å². The number of hydrogen-bond acceptors (Lipinski definition) is 1. The highest BCUT2D eigenvalue weighted by atomic mass is 79.9. The van der Waals surface area contributed by atoms with Crippen LogP contribution in [-0.4, -0.2) is 0 Å². The summed E-state index contributed by atoms with van der Waals surface area (Å²) in [4.78, 5) is 0. The molecule has 14 heavy (non-hydrogen) atoms. The molecule has 0 amide bonds. The summed E-state index contributed by atoms with van der Waals surface area (Å²) in [5, 5.41) is 0.500. The Kier molecular flexibility index (Phi) is 3.93. The van der Waals surface area contributed by atoms with E-state index in [1.807, 2.05) is 13.8 Å². The fourth-order valence-electron chi connectivity index (χ4n) is 1.18. The lowest BCUT2D eigenvalue weighted by Crippen LogP contribution is -2.18. The molecule has 0 bridgehead atoms. The van der Waals surface area contributed by atoms with E-state index in [4.69, 9.17) is 17.3 Å². The molecular weight excluding hydrogens is 268 g/mol. The van der Waals surface area contributed by atoms with Crippen LogP contribution in [0.5, 0.6) is 0 Å². The van der Waals surface area contributed by atoms with Crippen LogP contribution in [0.3, 0.4) is 0 Å². The van der Waals surface area contributed by atoms with Gasteiger partial charge in [0.2, 0.25) is 0 Å². The topological polar surface area (TPSA) is 26.0 Å². The summed E-state index contributed by atoms with van der Waals surface area (Å²) in [5.74, 6) is -0.119. The minimum atomic E-state index is -0.333. The molecule has 0 aliphatic heterocycles. The fraction of sp³-hybridized carbons (Fsp3) is 0.400. The second-order valence-electron chi connectivity index (χ2n) is 3.53. The molecule has 1 atom stereocenters. The first-order valence-electron chi connectivity index (χ1n) is 4.34. The highest BCUT2D eigenvalue weighted by molar-refractivity contribution is 9.10. The maximum atomic E-state index is 13.2. The Bertz CT molecular complexity index is 341. The minimum absolute atomic E-state index is 0.214. The first-order chi connectivity index (χ1) is 6.45. The Labute approximate surface area is 96.6 Å². The van der Waals surface area contributed by atoms with Crippen LogP contribution in [0, 0.1) is 11.7 Å². The zero-order valence-corrected chi connectivity index (χ0v) is 10.4. The number of benzene rings is 1. The van der Waals surface area contributed by atoms with Crippen LogP contribution in [0.15, 0.2) is 16.6 Å². The SMILES string of the molecule is CC(C)C(N)c1c(Cl)ccc(F)c1Br. The van der Waals surface area contributed by atoms with Crippen LogP contribution < -0.4 is 5.73 Å². The Morgan fingerprint density at radius 2 is 2.00 bits per heavy atom. The molecule has 2 N–H and O–H groups in total. The second kappa shape index (κ2) is 4.60. The molecule has 0 radical (unpaired) electrons. The van der Waals surface area contributed by atoms with Gasteiger partial charge in [0.1, 0.15) is 5.82 Å². The van der Waals surface area contributed by atoms with Crippen molar-refractivity contribution < 1.29 is 4.39 Å². The van der Waals surface area contributed by atoms with Gasteiger partial charge in [-0.1, -0.05) is 25.4 Å². The zero-order valence-electron chi connectivity index (χ0n) is 8.02. The molecule has 0 aliphatic rings. The van der Waals surface area contributed by atoms with Crippen molar-refractivity contribution in [2.24, 2.45) is 11.7 Å². The Morgan fingerprint density at radius 1 is 1.43 bits per heavy atom. The van der Waals surface area contributed by atoms with Gasteiger partial charge < -0.3 is 5.73 Å². The lowest BCUT2D eigenvalue weighted by atomic mass is 9.97. The van der Waals surface area contributed by atoms with Crippen LogP contribution in [0.4, 0.5) is 4.39 Å². The van der Waals surface area contributed by atoms with E-state index in [2.05, 4.69) is 15.9 Å². The van der Waals surface area contributed by atoms with Gasteiger partial charge in [0.25, 0.3) is 0 Å². The van der Waals surface area contributed by atoms with Gasteiger partial charge in [0, 0.05) is 16.6 Å². The zero-order chi connectivity index (χ0) is 10.9. The monoisotopic (exact) mass is 279 g/mol. The minimum Gasteiger partial charge on any atom is -0.324 e. The second-order valence-corrected chi connectivity index (χ2v) is 4.73. The average Bonchev–Trinajstić information content (AvgIpc) is 2.12. The molecule has 0 saturated heterocycles. The number of hydrogen-bond donors (Lipinski definition) is 1. The summed E-state index contributed by atoms with van der Waals surface area (Å²) in [6, 6.07) is 2.59. The summed E-state index contributed by atoms with van der Waals surface area (Å²) in [6.45, 7) is 3.94. The standard InChI is InChI=1S/C10H12BrClFN/c1-5(2)10(14)8-6(12)3-4-7(13)9(8)11/h3-5,10H,14H2,1-2H3. The van der Waals surface area contributed by atoms with Crippen molar-refractivity contribution in [2.75, 3.05) is 0 Å². The summed E-state index contributed by atoms with van der Waals surface area (Å²) >= 11 is 9.12.